The van der Waals surface area contributed by atoms with E-state index in [9.17, 15) is 4.39 Å². The van der Waals surface area contributed by atoms with E-state index in [0.717, 1.165) is 5.56 Å². The van der Waals surface area contributed by atoms with Crippen LogP contribution in [0, 0.1) is 6.92 Å². The molecule has 12 heavy (non-hydrogen) atoms. The molecule has 3 heteroatoms. The molecule has 1 aromatic rings. The minimum Gasteiger partial charge on any atom is -0.374 e. The second-order valence-corrected chi connectivity index (χ2v) is 3.15. The van der Waals surface area contributed by atoms with Crippen molar-refractivity contribution in [2.75, 3.05) is 13.2 Å². The highest BCUT2D eigenvalue weighted by Crippen LogP contribution is 2.34. The lowest BCUT2D eigenvalue weighted by Gasteiger charge is -2.34. The number of hydrogen-bond acceptors (Lipinski definition) is 2. The number of hydrogen-bond donors (Lipinski definition) is 0. The fraction of sp³-hybridized carbons (Fsp3) is 0.444. The first kappa shape index (κ1) is 7.68. The fourth-order valence-corrected chi connectivity index (χ4v) is 1.41. The molecule has 2 nitrogen and oxygen atoms in total. The summed E-state index contributed by atoms with van der Waals surface area (Å²) in [5, 5.41) is 0. The number of aromatic nitrogens is 1. The van der Waals surface area contributed by atoms with Crippen LogP contribution in [0.5, 0.6) is 0 Å². The van der Waals surface area contributed by atoms with Gasteiger partial charge in [0.15, 0.2) is 5.67 Å². The molecule has 0 N–H and O–H groups in total. The summed E-state index contributed by atoms with van der Waals surface area (Å²) in [6.45, 7) is 2.22. The van der Waals surface area contributed by atoms with Crippen LogP contribution in [0.4, 0.5) is 4.39 Å². The van der Waals surface area contributed by atoms with Gasteiger partial charge in [0, 0.05) is 12.4 Å². The van der Waals surface area contributed by atoms with Crippen LogP contribution in [-0.4, -0.2) is 18.2 Å². The molecule has 2 rings (SSSR count). The molecular weight excluding hydrogens is 157 g/mol. The van der Waals surface area contributed by atoms with E-state index >= 15 is 0 Å². The minimum absolute atomic E-state index is 0.178. The fourth-order valence-electron chi connectivity index (χ4n) is 1.41. The monoisotopic (exact) mass is 167 g/mol. The van der Waals surface area contributed by atoms with E-state index in [1.807, 2.05) is 6.92 Å². The molecule has 0 amide bonds. The van der Waals surface area contributed by atoms with Crippen molar-refractivity contribution in [3.63, 3.8) is 0 Å². The van der Waals surface area contributed by atoms with Crippen molar-refractivity contribution in [1.82, 2.24) is 4.98 Å². The Bertz CT molecular complexity index is 296. The number of alkyl halides is 1. The number of pyridine rings is 1. The van der Waals surface area contributed by atoms with Gasteiger partial charge in [0.2, 0.25) is 0 Å². The first-order chi connectivity index (χ1) is 5.72. The molecule has 0 bridgehead atoms. The summed E-state index contributed by atoms with van der Waals surface area (Å²) in [7, 11) is 0. The lowest BCUT2D eigenvalue weighted by Crippen LogP contribution is -2.43. The van der Waals surface area contributed by atoms with Crippen molar-refractivity contribution in [1.29, 1.82) is 0 Å². The Labute approximate surface area is 70.4 Å². The Hall–Kier alpha value is -0.960. The highest BCUT2D eigenvalue weighted by atomic mass is 19.1. The highest BCUT2D eigenvalue weighted by molar-refractivity contribution is 5.30. The summed E-state index contributed by atoms with van der Waals surface area (Å²) in [5.74, 6) is 0. The Morgan fingerprint density at radius 3 is 2.83 bits per heavy atom. The normalized spacial score (nSPS) is 20.2. The van der Waals surface area contributed by atoms with Crippen molar-refractivity contribution in [3.8, 4) is 0 Å². The largest absolute Gasteiger partial charge is 0.374 e. The van der Waals surface area contributed by atoms with E-state index in [4.69, 9.17) is 4.74 Å². The van der Waals surface area contributed by atoms with Gasteiger partial charge in [0.25, 0.3) is 0 Å². The lowest BCUT2D eigenvalue weighted by atomic mass is 9.92. The number of rotatable bonds is 1. The van der Waals surface area contributed by atoms with Crippen molar-refractivity contribution >= 4 is 0 Å². The van der Waals surface area contributed by atoms with Crippen molar-refractivity contribution in [2.24, 2.45) is 0 Å². The smallest absolute Gasteiger partial charge is 0.182 e. The predicted octanol–water partition coefficient (Wildman–Crippen LogP) is 1.59. The van der Waals surface area contributed by atoms with E-state index < -0.39 is 5.67 Å². The third-order valence-corrected chi connectivity index (χ3v) is 2.16. The van der Waals surface area contributed by atoms with Crippen molar-refractivity contribution in [2.45, 2.75) is 12.6 Å². The summed E-state index contributed by atoms with van der Waals surface area (Å²) < 4.78 is 18.6. The van der Waals surface area contributed by atoms with E-state index in [2.05, 4.69) is 4.98 Å². The average molecular weight is 167 g/mol. The zero-order valence-corrected chi connectivity index (χ0v) is 6.88. The van der Waals surface area contributed by atoms with Crippen molar-refractivity contribution < 1.29 is 9.13 Å². The van der Waals surface area contributed by atoms with Gasteiger partial charge in [-0.1, -0.05) is 0 Å². The van der Waals surface area contributed by atoms with Gasteiger partial charge in [0.05, 0.1) is 13.2 Å². The molecule has 0 atom stereocenters. The highest BCUT2D eigenvalue weighted by Gasteiger charge is 2.41. The molecule has 1 aliphatic rings. The molecule has 0 aliphatic carbocycles. The summed E-state index contributed by atoms with van der Waals surface area (Å²) in [6, 6.07) is 1.72. The molecule has 0 spiro atoms. The Morgan fingerprint density at radius 1 is 1.58 bits per heavy atom. The molecule has 0 unspecified atom stereocenters. The van der Waals surface area contributed by atoms with Gasteiger partial charge in [0.1, 0.15) is 0 Å². The molecule has 0 aromatic carbocycles. The third-order valence-electron chi connectivity index (χ3n) is 2.16. The number of aryl methyl sites for hydroxylation is 1. The predicted molar refractivity (Wildman–Crippen MR) is 42.6 cm³/mol. The van der Waals surface area contributed by atoms with E-state index in [1.165, 1.54) is 0 Å². The standard InChI is InChI=1S/C9H10FNO/c1-7-4-11-3-2-8(7)9(10)5-12-6-9/h2-4H,5-6H2,1H3. The molecule has 1 aromatic heterocycles. The van der Waals surface area contributed by atoms with Crippen LogP contribution < -0.4 is 0 Å². The molecule has 1 aliphatic heterocycles. The summed E-state index contributed by atoms with van der Waals surface area (Å²) in [5.41, 5.74) is 0.347. The molecule has 64 valence electrons. The second kappa shape index (κ2) is 2.52. The molecule has 1 saturated heterocycles. The number of halogens is 1. The molecular formula is C9H10FNO. The minimum atomic E-state index is -1.26. The van der Waals surface area contributed by atoms with Crippen LogP contribution in [0.25, 0.3) is 0 Å². The van der Waals surface area contributed by atoms with Crippen LogP contribution >= 0.6 is 0 Å². The SMILES string of the molecule is Cc1cnccc1C1(F)COC1. The topological polar surface area (TPSA) is 22.1 Å². The first-order valence-electron chi connectivity index (χ1n) is 3.90. The van der Waals surface area contributed by atoms with Gasteiger partial charge in [-0.3, -0.25) is 4.98 Å². The Morgan fingerprint density at radius 2 is 2.33 bits per heavy atom. The van der Waals surface area contributed by atoms with E-state index in [-0.39, 0.29) is 13.2 Å². The quantitative estimate of drug-likeness (QED) is 0.633. The van der Waals surface area contributed by atoms with E-state index in [1.54, 1.807) is 18.5 Å². The van der Waals surface area contributed by atoms with Gasteiger partial charge in [-0.15, -0.1) is 0 Å². The van der Waals surface area contributed by atoms with Gasteiger partial charge in [-0.2, -0.15) is 0 Å². The molecule has 1 fully saturated rings. The van der Waals surface area contributed by atoms with Crippen LogP contribution in [0.15, 0.2) is 18.5 Å². The summed E-state index contributed by atoms with van der Waals surface area (Å²) >= 11 is 0. The molecule has 2 heterocycles. The summed E-state index contributed by atoms with van der Waals surface area (Å²) in [4.78, 5) is 3.91. The van der Waals surface area contributed by atoms with Gasteiger partial charge in [-0.25, -0.2) is 4.39 Å². The first-order valence-corrected chi connectivity index (χ1v) is 3.90. The van der Waals surface area contributed by atoms with Gasteiger partial charge in [-0.05, 0) is 24.1 Å². The molecule has 0 saturated carbocycles. The van der Waals surface area contributed by atoms with Gasteiger partial charge >= 0.3 is 0 Å². The zero-order chi connectivity index (χ0) is 8.60. The van der Waals surface area contributed by atoms with Crippen molar-refractivity contribution in [3.05, 3.63) is 29.6 Å². The Balaban J connectivity index is 2.39. The number of nitrogens with zero attached hydrogens (tertiary/aromatic N) is 1. The maximum Gasteiger partial charge on any atom is 0.182 e. The van der Waals surface area contributed by atoms with Crippen LogP contribution in [0.3, 0.4) is 0 Å². The van der Waals surface area contributed by atoms with Crippen LogP contribution in [-0.2, 0) is 10.4 Å². The summed E-state index contributed by atoms with van der Waals surface area (Å²) in [6.07, 6.45) is 3.29. The van der Waals surface area contributed by atoms with Crippen LogP contribution in [0.1, 0.15) is 11.1 Å². The van der Waals surface area contributed by atoms with E-state index in [0.29, 0.717) is 5.56 Å². The second-order valence-electron chi connectivity index (χ2n) is 3.15. The van der Waals surface area contributed by atoms with Gasteiger partial charge < -0.3 is 4.74 Å². The zero-order valence-electron chi connectivity index (χ0n) is 6.88. The Kier molecular flexibility index (Phi) is 1.61. The third kappa shape index (κ3) is 1.01. The van der Waals surface area contributed by atoms with Crippen LogP contribution in [0.2, 0.25) is 0 Å². The average Bonchev–Trinajstić information content (AvgIpc) is 2.01. The maximum absolute atomic E-state index is 13.7. The number of ether oxygens (including phenoxy) is 1. The lowest BCUT2D eigenvalue weighted by molar-refractivity contribution is -0.135. The molecule has 0 radical (unpaired) electrons. The maximum atomic E-state index is 13.7.